The van der Waals surface area contributed by atoms with Crippen molar-refractivity contribution in [1.82, 2.24) is 14.7 Å². The lowest BCUT2D eigenvalue weighted by molar-refractivity contribution is -0.151. The largest absolute Gasteiger partial charge is 0.481 e. The zero-order valence-electron chi connectivity index (χ0n) is 51.2. The molecule has 0 saturated carbocycles. The summed E-state index contributed by atoms with van der Waals surface area (Å²) in [6.45, 7) is 10.6. The van der Waals surface area contributed by atoms with Crippen LogP contribution in [0, 0.1) is 0 Å². The third-order valence-electron chi connectivity index (χ3n) is 11.2. The molecule has 0 bridgehead atoms. The fourth-order valence-corrected chi connectivity index (χ4v) is 6.45. The number of carboxylic acid groups (broad SMARTS) is 1. The maximum Gasteiger partial charge on any atom is 0.307 e. The van der Waals surface area contributed by atoms with Gasteiger partial charge in [0.05, 0.1) is 111 Å². The van der Waals surface area contributed by atoms with E-state index in [4.69, 9.17) is 52.8 Å². The number of carboxylic acids is 1. The average Bonchev–Trinajstić information content (AvgIpc) is 3.47. The van der Waals surface area contributed by atoms with E-state index in [1.165, 1.54) is 14.2 Å². The van der Waals surface area contributed by atoms with E-state index in [1.54, 1.807) is 0 Å². The lowest BCUT2D eigenvalue weighted by atomic mass is 10.3. The molecular formula is C57H103N3O24. The average molecular weight is 1210 g/mol. The SMILES string of the molecule is CCCC(=O)OCCCCOC(=O)CCN(C)CCCO.CCCC(=O)OCCCCOC(=O)CCN(CCCO)CCC(=O)OCCCCOC(=O)CCN(C)CCCOC(=O)CCC(=O)OCCOC.COCCOC(=O)CCC(=O)O. The molecule has 0 aliphatic carbocycles. The highest BCUT2D eigenvalue weighted by Gasteiger charge is 2.15. The van der Waals surface area contributed by atoms with E-state index in [0.29, 0.717) is 149 Å². The number of hydrogen-bond donors (Lipinski definition) is 3. The van der Waals surface area contributed by atoms with Crippen LogP contribution in [0.4, 0.5) is 0 Å². The van der Waals surface area contributed by atoms with Crippen molar-refractivity contribution in [3.05, 3.63) is 0 Å². The maximum absolute atomic E-state index is 12.2. The first-order valence-electron chi connectivity index (χ1n) is 29.3. The predicted molar refractivity (Wildman–Crippen MR) is 304 cm³/mol. The normalized spacial score (nSPS) is 10.7. The second-order valence-corrected chi connectivity index (χ2v) is 18.9. The van der Waals surface area contributed by atoms with E-state index >= 15 is 0 Å². The highest BCUT2D eigenvalue weighted by atomic mass is 16.6. The summed E-state index contributed by atoms with van der Waals surface area (Å²) in [4.78, 5) is 120. The second kappa shape index (κ2) is 62.0. The van der Waals surface area contributed by atoms with E-state index in [-0.39, 0.29) is 134 Å². The first-order chi connectivity index (χ1) is 40.4. The van der Waals surface area contributed by atoms with Crippen molar-refractivity contribution in [2.45, 2.75) is 149 Å². The minimum atomic E-state index is -1.00. The molecule has 0 rings (SSSR count). The smallest absolute Gasteiger partial charge is 0.307 e. The van der Waals surface area contributed by atoms with Crippen LogP contribution in [0.2, 0.25) is 0 Å². The molecule has 0 spiro atoms. The van der Waals surface area contributed by atoms with Crippen LogP contribution >= 0.6 is 0 Å². The summed E-state index contributed by atoms with van der Waals surface area (Å²) in [5.74, 6) is -4.12. The summed E-state index contributed by atoms with van der Waals surface area (Å²) in [5.41, 5.74) is 0. The first kappa shape index (κ1) is 82.6. The molecule has 84 heavy (non-hydrogen) atoms. The van der Waals surface area contributed by atoms with E-state index in [1.807, 2.05) is 42.6 Å². The summed E-state index contributed by atoms with van der Waals surface area (Å²) in [6.07, 6.45) is 8.35. The minimum Gasteiger partial charge on any atom is -0.481 e. The molecule has 0 radical (unpaired) electrons. The van der Waals surface area contributed by atoms with Crippen molar-refractivity contribution in [3.8, 4) is 0 Å². The third kappa shape index (κ3) is 64.0. The molecule has 3 N–H and O–H groups in total. The van der Waals surface area contributed by atoms with Crippen molar-refractivity contribution in [2.24, 2.45) is 0 Å². The van der Waals surface area contributed by atoms with Crippen molar-refractivity contribution >= 4 is 59.7 Å². The fraction of sp³-hybridized carbons (Fsp3) is 0.825. The number of unbranched alkanes of at least 4 members (excludes halogenated alkanes) is 3. The summed E-state index contributed by atoms with van der Waals surface area (Å²) >= 11 is 0. The van der Waals surface area contributed by atoms with Crippen LogP contribution in [0.25, 0.3) is 0 Å². The number of methoxy groups -OCH3 is 2. The number of nitrogens with zero attached hydrogens (tertiary/aromatic N) is 3. The van der Waals surface area contributed by atoms with Crippen molar-refractivity contribution in [1.29, 1.82) is 0 Å². The van der Waals surface area contributed by atoms with Crippen LogP contribution < -0.4 is 0 Å². The molecule has 27 heteroatoms. The Labute approximate surface area is 497 Å². The van der Waals surface area contributed by atoms with Crippen LogP contribution in [0.5, 0.6) is 0 Å². The first-order valence-corrected chi connectivity index (χ1v) is 29.3. The molecule has 0 amide bonds. The van der Waals surface area contributed by atoms with Crippen molar-refractivity contribution < 1.29 is 115 Å². The zero-order chi connectivity index (χ0) is 63.3. The molecule has 0 atom stereocenters. The number of aliphatic hydroxyl groups is 2. The van der Waals surface area contributed by atoms with E-state index in [2.05, 4.69) is 9.47 Å². The number of rotatable bonds is 53. The Kier molecular flexibility index (Phi) is 61.0. The standard InChI is InChI=1S/C35H62N2O14.C15H29NO5.C7H12O5/c1-4-11-30(39)46-23-5-6-25-48-34(43)15-20-37(18-9-22-38)21-16-35(44)49-26-8-7-24-47-33(42)14-19-36(2)17-10-27-50-31(40)12-13-32(41)51-29-28-45-3;1-3-7-14(18)20-12-4-5-13-21-15(19)8-10-16(2)9-6-11-17;1-11-4-5-12-7(10)3-2-6(8)9/h38H,4-29H2,1-3H3;17H,3-13H2,1-2H3;2-5H2,1H3,(H,8,9). The highest BCUT2D eigenvalue weighted by molar-refractivity contribution is 5.78. The molecule has 0 aliphatic heterocycles. The number of carbonyl (C=O) groups is 10. The topological polar surface area (TPSA) is 343 Å². The molecule has 490 valence electrons. The summed E-state index contributed by atoms with van der Waals surface area (Å²) < 4.78 is 55.0. The number of aliphatic hydroxyl groups excluding tert-OH is 2. The quantitative estimate of drug-likeness (QED) is 0.0445. The molecule has 0 saturated heterocycles. The van der Waals surface area contributed by atoms with Crippen LogP contribution in [-0.4, -0.2) is 250 Å². The van der Waals surface area contributed by atoms with Crippen LogP contribution in [0.1, 0.15) is 149 Å². The monoisotopic (exact) mass is 1210 g/mol. The number of esters is 9. The Hall–Kier alpha value is -5.58. The van der Waals surface area contributed by atoms with E-state index in [0.717, 1.165) is 19.4 Å². The lowest BCUT2D eigenvalue weighted by Gasteiger charge is -2.21. The fourth-order valence-electron chi connectivity index (χ4n) is 6.45. The van der Waals surface area contributed by atoms with Gasteiger partial charge < -0.3 is 82.1 Å². The zero-order valence-corrected chi connectivity index (χ0v) is 51.2. The number of ether oxygens (including phenoxy) is 11. The van der Waals surface area contributed by atoms with Crippen molar-refractivity contribution in [3.63, 3.8) is 0 Å². The van der Waals surface area contributed by atoms with E-state index < -0.39 is 23.9 Å². The van der Waals surface area contributed by atoms with Gasteiger partial charge in [-0.3, -0.25) is 47.9 Å². The summed E-state index contributed by atoms with van der Waals surface area (Å²) in [6, 6.07) is 0. The van der Waals surface area contributed by atoms with Gasteiger partial charge >= 0.3 is 59.7 Å². The molecule has 27 nitrogen and oxygen atoms in total. The molecule has 0 aliphatic rings. The third-order valence-corrected chi connectivity index (χ3v) is 11.2. The van der Waals surface area contributed by atoms with Gasteiger partial charge in [-0.2, -0.15) is 0 Å². The van der Waals surface area contributed by atoms with Gasteiger partial charge in [0, 0.05) is 86.1 Å². The summed E-state index contributed by atoms with van der Waals surface area (Å²) in [7, 11) is 6.75. The Bertz CT molecular complexity index is 1720. The molecule has 0 aromatic rings. The van der Waals surface area contributed by atoms with Gasteiger partial charge in [-0.25, -0.2) is 0 Å². The predicted octanol–water partition coefficient (Wildman–Crippen LogP) is 3.61. The van der Waals surface area contributed by atoms with Gasteiger partial charge in [0.25, 0.3) is 0 Å². The maximum atomic E-state index is 12.2. The Morgan fingerprint density at radius 1 is 0.298 bits per heavy atom. The van der Waals surface area contributed by atoms with Gasteiger partial charge in [-0.15, -0.1) is 0 Å². The molecule has 0 aromatic heterocycles. The molecular weight excluding hydrogens is 1110 g/mol. The number of carbonyl (C=O) groups excluding carboxylic acids is 9. The highest BCUT2D eigenvalue weighted by Crippen LogP contribution is 2.05. The molecule has 0 unspecified atom stereocenters. The molecule has 0 fully saturated rings. The number of aliphatic carboxylic acids is 1. The van der Waals surface area contributed by atoms with Gasteiger partial charge in [0.1, 0.15) is 13.2 Å². The lowest BCUT2D eigenvalue weighted by Crippen LogP contribution is -2.31. The minimum absolute atomic E-state index is 0.00626. The van der Waals surface area contributed by atoms with E-state index in [9.17, 15) is 53.1 Å². The second-order valence-electron chi connectivity index (χ2n) is 18.9. The van der Waals surface area contributed by atoms with Gasteiger partial charge in [0.15, 0.2) is 0 Å². The van der Waals surface area contributed by atoms with Gasteiger partial charge in [-0.05, 0) is 84.7 Å². The van der Waals surface area contributed by atoms with Crippen LogP contribution in [0.3, 0.4) is 0 Å². The Balaban J connectivity index is -0.00000161. The van der Waals surface area contributed by atoms with Crippen molar-refractivity contribution in [2.75, 3.05) is 160 Å². The van der Waals surface area contributed by atoms with Gasteiger partial charge in [0.2, 0.25) is 0 Å². The van der Waals surface area contributed by atoms with Crippen LogP contribution in [-0.2, 0) is 100 Å². The van der Waals surface area contributed by atoms with Crippen LogP contribution in [0.15, 0.2) is 0 Å². The molecule has 0 aromatic carbocycles. The molecule has 0 heterocycles. The van der Waals surface area contributed by atoms with Gasteiger partial charge in [-0.1, -0.05) is 13.8 Å². The Morgan fingerprint density at radius 3 is 0.869 bits per heavy atom. The number of hydrogen-bond acceptors (Lipinski definition) is 26. The summed E-state index contributed by atoms with van der Waals surface area (Å²) in [5, 5.41) is 26.1. The Morgan fingerprint density at radius 2 is 0.560 bits per heavy atom.